The van der Waals surface area contributed by atoms with E-state index >= 15 is 0 Å². The summed E-state index contributed by atoms with van der Waals surface area (Å²) in [6, 6.07) is 10.00. The quantitative estimate of drug-likeness (QED) is 0.832. The molecular formula is C15H12F4N2O2. The van der Waals surface area contributed by atoms with E-state index in [-0.39, 0.29) is 12.2 Å². The van der Waals surface area contributed by atoms with E-state index in [9.17, 15) is 22.4 Å². The zero-order valence-electron chi connectivity index (χ0n) is 11.7. The molecule has 0 unspecified atom stereocenters. The lowest BCUT2D eigenvalue weighted by Crippen LogP contribution is -2.28. The van der Waals surface area contributed by atoms with Gasteiger partial charge in [0.2, 0.25) is 0 Å². The zero-order valence-corrected chi connectivity index (χ0v) is 11.7. The maximum Gasteiger partial charge on any atom is 0.573 e. The van der Waals surface area contributed by atoms with Gasteiger partial charge < -0.3 is 15.4 Å². The molecule has 0 aliphatic rings. The number of hydrogen-bond acceptors (Lipinski definition) is 2. The van der Waals surface area contributed by atoms with Gasteiger partial charge in [-0.25, -0.2) is 9.18 Å². The fraction of sp³-hybridized carbons (Fsp3) is 0.133. The molecule has 0 radical (unpaired) electrons. The number of urea groups is 1. The van der Waals surface area contributed by atoms with Gasteiger partial charge in [0, 0.05) is 17.8 Å². The summed E-state index contributed by atoms with van der Waals surface area (Å²) in [4.78, 5) is 11.7. The number of carbonyl (C=O) groups is 1. The fourth-order valence-electron chi connectivity index (χ4n) is 1.73. The largest absolute Gasteiger partial charge is 0.573 e. The van der Waals surface area contributed by atoms with E-state index in [2.05, 4.69) is 15.4 Å². The van der Waals surface area contributed by atoms with E-state index in [4.69, 9.17) is 0 Å². The van der Waals surface area contributed by atoms with Crippen LogP contribution in [0, 0.1) is 5.82 Å². The number of alkyl halides is 3. The van der Waals surface area contributed by atoms with Crippen LogP contribution in [-0.4, -0.2) is 12.4 Å². The lowest BCUT2D eigenvalue weighted by atomic mass is 10.2. The number of carbonyl (C=O) groups excluding carboxylic acids is 1. The number of amides is 2. The van der Waals surface area contributed by atoms with E-state index < -0.39 is 24.0 Å². The Morgan fingerprint density at radius 2 is 1.70 bits per heavy atom. The average Bonchev–Trinajstić information content (AvgIpc) is 2.47. The number of rotatable bonds is 4. The van der Waals surface area contributed by atoms with Crippen molar-refractivity contribution >= 4 is 11.7 Å². The highest BCUT2D eigenvalue weighted by Gasteiger charge is 2.30. The van der Waals surface area contributed by atoms with Crippen LogP contribution in [0.1, 0.15) is 5.56 Å². The topological polar surface area (TPSA) is 50.4 Å². The zero-order chi connectivity index (χ0) is 16.9. The number of ether oxygens (including phenoxy) is 1. The van der Waals surface area contributed by atoms with Gasteiger partial charge in [-0.15, -0.1) is 13.2 Å². The molecule has 0 aliphatic heterocycles. The summed E-state index contributed by atoms with van der Waals surface area (Å²) in [6.07, 6.45) is -4.77. The van der Waals surface area contributed by atoms with Gasteiger partial charge in [0.15, 0.2) is 0 Å². The van der Waals surface area contributed by atoms with E-state index in [1.807, 2.05) is 0 Å². The lowest BCUT2D eigenvalue weighted by Gasteiger charge is -2.10. The lowest BCUT2D eigenvalue weighted by molar-refractivity contribution is -0.274. The van der Waals surface area contributed by atoms with Crippen molar-refractivity contribution in [3.63, 3.8) is 0 Å². The summed E-state index contributed by atoms with van der Waals surface area (Å²) in [6.45, 7) is -0.0201. The van der Waals surface area contributed by atoms with Crippen LogP contribution < -0.4 is 15.4 Å². The van der Waals surface area contributed by atoms with Gasteiger partial charge in [-0.3, -0.25) is 0 Å². The van der Waals surface area contributed by atoms with Gasteiger partial charge in [-0.2, -0.15) is 0 Å². The minimum atomic E-state index is -4.77. The third-order valence-corrected chi connectivity index (χ3v) is 2.74. The Morgan fingerprint density at radius 1 is 1.04 bits per heavy atom. The molecule has 4 nitrogen and oxygen atoms in total. The molecule has 0 heterocycles. The first-order chi connectivity index (χ1) is 10.8. The van der Waals surface area contributed by atoms with Crippen LogP contribution in [0.3, 0.4) is 0 Å². The van der Waals surface area contributed by atoms with Crippen molar-refractivity contribution in [2.24, 2.45) is 0 Å². The highest BCUT2D eigenvalue weighted by atomic mass is 19.4. The summed E-state index contributed by atoms with van der Waals surface area (Å²) in [5.41, 5.74) is 0.585. The number of halogens is 4. The molecule has 0 bridgehead atoms. The molecule has 2 amide bonds. The molecule has 2 aromatic carbocycles. The summed E-state index contributed by atoms with van der Waals surface area (Å²) in [5, 5.41) is 4.85. The molecule has 0 aliphatic carbocycles. The molecule has 2 aromatic rings. The third-order valence-electron chi connectivity index (χ3n) is 2.74. The Hall–Kier alpha value is -2.77. The van der Waals surface area contributed by atoms with Crippen molar-refractivity contribution in [3.05, 3.63) is 59.9 Å². The average molecular weight is 328 g/mol. The standard InChI is InChI=1S/C15H12F4N2O2/c16-13-4-2-1-3-10(13)9-20-14(22)21-11-5-7-12(8-6-11)23-15(17,18)19/h1-8H,9H2,(H2,20,21,22). The van der Waals surface area contributed by atoms with Crippen LogP contribution in [-0.2, 0) is 6.54 Å². The highest BCUT2D eigenvalue weighted by molar-refractivity contribution is 5.89. The van der Waals surface area contributed by atoms with Crippen LogP contribution >= 0.6 is 0 Å². The van der Waals surface area contributed by atoms with E-state index in [0.717, 1.165) is 12.1 Å². The minimum Gasteiger partial charge on any atom is -0.406 e. The monoisotopic (exact) mass is 328 g/mol. The molecule has 0 saturated carbocycles. The molecule has 122 valence electrons. The van der Waals surface area contributed by atoms with Gasteiger partial charge in [-0.1, -0.05) is 18.2 Å². The Labute approximate surface area is 129 Å². The molecule has 2 N–H and O–H groups in total. The number of benzene rings is 2. The summed E-state index contributed by atoms with van der Waals surface area (Å²) in [7, 11) is 0. The second kappa shape index (κ2) is 6.99. The fourth-order valence-corrected chi connectivity index (χ4v) is 1.73. The van der Waals surface area contributed by atoms with Crippen molar-refractivity contribution in [1.29, 1.82) is 0 Å². The molecular weight excluding hydrogens is 316 g/mol. The Balaban J connectivity index is 1.87. The summed E-state index contributed by atoms with van der Waals surface area (Å²) in [5.74, 6) is -0.837. The third kappa shape index (κ3) is 5.50. The first-order valence-corrected chi connectivity index (χ1v) is 6.47. The molecule has 0 saturated heterocycles. The van der Waals surface area contributed by atoms with Gasteiger partial charge in [0.05, 0.1) is 0 Å². The van der Waals surface area contributed by atoms with Crippen molar-refractivity contribution in [3.8, 4) is 5.75 Å². The van der Waals surface area contributed by atoms with Gasteiger partial charge in [-0.05, 0) is 30.3 Å². The summed E-state index contributed by atoms with van der Waals surface area (Å²) < 4.78 is 53.1. The second-order valence-electron chi connectivity index (χ2n) is 4.47. The molecule has 0 aromatic heterocycles. The van der Waals surface area contributed by atoms with Crippen molar-refractivity contribution < 1.29 is 27.1 Å². The number of hydrogen-bond donors (Lipinski definition) is 2. The van der Waals surface area contributed by atoms with Crippen molar-refractivity contribution in [1.82, 2.24) is 5.32 Å². The van der Waals surface area contributed by atoms with Crippen LogP contribution in [0.2, 0.25) is 0 Å². The van der Waals surface area contributed by atoms with Crippen LogP contribution in [0.5, 0.6) is 5.75 Å². The van der Waals surface area contributed by atoms with E-state index in [1.54, 1.807) is 6.07 Å². The molecule has 0 fully saturated rings. The predicted molar refractivity (Wildman–Crippen MR) is 75.4 cm³/mol. The number of nitrogens with one attached hydrogen (secondary N) is 2. The second-order valence-corrected chi connectivity index (χ2v) is 4.47. The minimum absolute atomic E-state index is 0.0201. The van der Waals surface area contributed by atoms with E-state index in [1.165, 1.54) is 30.3 Å². The molecule has 2 rings (SSSR count). The van der Waals surface area contributed by atoms with Crippen molar-refractivity contribution in [2.45, 2.75) is 12.9 Å². The first-order valence-electron chi connectivity index (χ1n) is 6.47. The normalized spacial score (nSPS) is 11.0. The maximum atomic E-state index is 13.4. The van der Waals surface area contributed by atoms with Gasteiger partial charge >= 0.3 is 12.4 Å². The van der Waals surface area contributed by atoms with Crippen LogP contribution in [0.4, 0.5) is 28.0 Å². The Morgan fingerprint density at radius 3 is 2.30 bits per heavy atom. The SMILES string of the molecule is O=C(NCc1ccccc1F)Nc1ccc(OC(F)(F)F)cc1. The predicted octanol–water partition coefficient (Wildman–Crippen LogP) is 4.05. The Bertz CT molecular complexity index is 672. The summed E-state index contributed by atoms with van der Waals surface area (Å²) >= 11 is 0. The molecule has 23 heavy (non-hydrogen) atoms. The molecule has 0 spiro atoms. The smallest absolute Gasteiger partial charge is 0.406 e. The van der Waals surface area contributed by atoms with Crippen LogP contribution in [0.25, 0.3) is 0 Å². The Kier molecular flexibility index (Phi) is 5.05. The van der Waals surface area contributed by atoms with Crippen molar-refractivity contribution in [2.75, 3.05) is 5.32 Å². The van der Waals surface area contributed by atoms with Gasteiger partial charge in [0.25, 0.3) is 0 Å². The van der Waals surface area contributed by atoms with Gasteiger partial charge in [0.1, 0.15) is 11.6 Å². The first kappa shape index (κ1) is 16.6. The van der Waals surface area contributed by atoms with E-state index in [0.29, 0.717) is 5.56 Å². The van der Waals surface area contributed by atoms with Crippen LogP contribution in [0.15, 0.2) is 48.5 Å². The highest BCUT2D eigenvalue weighted by Crippen LogP contribution is 2.23. The number of anilines is 1. The molecule has 8 heteroatoms. The molecule has 0 atom stereocenters. The maximum absolute atomic E-state index is 13.4.